The van der Waals surface area contributed by atoms with E-state index < -0.39 is 17.3 Å². The van der Waals surface area contributed by atoms with Gasteiger partial charge in [0, 0.05) is 16.2 Å². The predicted molar refractivity (Wildman–Crippen MR) is 113 cm³/mol. The van der Waals surface area contributed by atoms with E-state index in [0.717, 1.165) is 16.8 Å². The second kappa shape index (κ2) is 10.4. The molecule has 0 bridgehead atoms. The maximum atomic E-state index is 13.0. The lowest BCUT2D eigenvalue weighted by Gasteiger charge is -2.24. The molecule has 0 radical (unpaired) electrons. The van der Waals surface area contributed by atoms with Gasteiger partial charge in [-0.2, -0.15) is 0 Å². The largest absolute Gasteiger partial charge is 0.489 e. The highest BCUT2D eigenvalue weighted by Crippen LogP contribution is 2.26. The molecular formula is C22H23BrFNO5. The molecule has 0 aliphatic carbocycles. The molecule has 0 aliphatic heterocycles. The molecule has 2 aromatic rings. The van der Waals surface area contributed by atoms with Crippen molar-refractivity contribution in [1.29, 1.82) is 0 Å². The molecule has 2 N–H and O–H groups in total. The van der Waals surface area contributed by atoms with E-state index in [1.54, 1.807) is 31.2 Å². The van der Waals surface area contributed by atoms with Crippen molar-refractivity contribution in [2.75, 3.05) is 0 Å². The molecule has 0 aromatic heterocycles. The number of carboxylic acids is 1. The van der Waals surface area contributed by atoms with E-state index in [0.29, 0.717) is 10.2 Å². The summed E-state index contributed by atoms with van der Waals surface area (Å²) in [5, 5.41) is 20.4. The summed E-state index contributed by atoms with van der Waals surface area (Å²) in [6.07, 6.45) is 0.924. The quantitative estimate of drug-likeness (QED) is 0.172. The fraction of sp³-hybridized carbons (Fsp3) is 0.273. The van der Waals surface area contributed by atoms with E-state index in [1.165, 1.54) is 18.2 Å². The van der Waals surface area contributed by atoms with Gasteiger partial charge < -0.3 is 9.84 Å². The smallest absolute Gasteiger partial charge is 0.341 e. The number of ketones is 1. The lowest BCUT2D eigenvalue weighted by atomic mass is 10.0. The Morgan fingerprint density at radius 2 is 1.80 bits per heavy atom. The number of carbonyl (C=O) groups is 2. The Kier molecular flexibility index (Phi) is 8.14. The number of aliphatic carboxylic acids is 1. The third-order valence-corrected chi connectivity index (χ3v) is 5.31. The highest BCUT2D eigenvalue weighted by Gasteiger charge is 2.24. The number of ether oxygens (including phenoxy) is 1. The van der Waals surface area contributed by atoms with Crippen molar-refractivity contribution < 1.29 is 29.0 Å². The highest BCUT2D eigenvalue weighted by atomic mass is 79.9. The zero-order chi connectivity index (χ0) is 22.4. The van der Waals surface area contributed by atoms with Crippen molar-refractivity contribution in [2.24, 2.45) is 5.92 Å². The first-order valence-corrected chi connectivity index (χ1v) is 10.0. The molecule has 2 aromatic carbocycles. The lowest BCUT2D eigenvalue weighted by Crippen LogP contribution is -2.31. The van der Waals surface area contributed by atoms with Gasteiger partial charge in [-0.25, -0.2) is 9.18 Å². The molecule has 1 atom stereocenters. The molecule has 0 saturated heterocycles. The molecule has 1 unspecified atom stereocenters. The molecule has 160 valence electrons. The number of nitrogens with zero attached hydrogens (tertiary/aromatic N) is 1. The van der Waals surface area contributed by atoms with E-state index in [2.05, 4.69) is 15.9 Å². The molecule has 0 spiro atoms. The van der Waals surface area contributed by atoms with E-state index in [9.17, 15) is 24.3 Å². The van der Waals surface area contributed by atoms with Crippen molar-refractivity contribution >= 4 is 27.7 Å². The number of rotatable bonds is 9. The summed E-state index contributed by atoms with van der Waals surface area (Å²) >= 11 is 3.26. The molecular weight excluding hydrogens is 457 g/mol. The van der Waals surface area contributed by atoms with Gasteiger partial charge in [0.25, 0.3) is 0 Å². The summed E-state index contributed by atoms with van der Waals surface area (Å²) in [5.41, 5.74) is 0.226. The third-order valence-electron chi connectivity index (χ3n) is 4.62. The molecule has 0 amide bonds. The first-order valence-electron chi connectivity index (χ1n) is 9.24. The minimum atomic E-state index is -1.46. The van der Waals surface area contributed by atoms with E-state index in [-0.39, 0.29) is 29.9 Å². The van der Waals surface area contributed by atoms with Crippen LogP contribution in [0.4, 0.5) is 4.39 Å². The van der Waals surface area contributed by atoms with Crippen LogP contribution in [-0.4, -0.2) is 33.2 Å². The number of benzene rings is 2. The first-order chi connectivity index (χ1) is 14.1. The van der Waals surface area contributed by atoms with Crippen LogP contribution in [0.5, 0.6) is 5.75 Å². The van der Waals surface area contributed by atoms with Gasteiger partial charge in [-0.15, -0.1) is 0 Å². The van der Waals surface area contributed by atoms with Gasteiger partial charge in [0.05, 0.1) is 6.04 Å². The summed E-state index contributed by atoms with van der Waals surface area (Å²) in [5.74, 6) is -2.22. The Balaban J connectivity index is 2.27. The summed E-state index contributed by atoms with van der Waals surface area (Å²) < 4.78 is 19.0. The molecule has 0 saturated carbocycles. The molecule has 2 rings (SSSR count). The van der Waals surface area contributed by atoms with Gasteiger partial charge in [0.2, 0.25) is 5.78 Å². The number of halogens is 2. The zero-order valence-electron chi connectivity index (χ0n) is 16.8. The van der Waals surface area contributed by atoms with Crippen molar-refractivity contribution in [2.45, 2.75) is 33.4 Å². The minimum absolute atomic E-state index is 0.0336. The van der Waals surface area contributed by atoms with Gasteiger partial charge in [-0.1, -0.05) is 41.9 Å². The summed E-state index contributed by atoms with van der Waals surface area (Å²) in [6, 6.07) is 10.0. The van der Waals surface area contributed by atoms with Crippen LogP contribution in [-0.2, 0) is 11.4 Å². The molecule has 0 fully saturated rings. The zero-order valence-corrected chi connectivity index (χ0v) is 18.4. The summed E-state index contributed by atoms with van der Waals surface area (Å²) in [7, 11) is 0. The Labute approximate surface area is 182 Å². The average Bonchev–Trinajstić information content (AvgIpc) is 2.71. The average molecular weight is 480 g/mol. The Bertz CT molecular complexity index is 943. The molecule has 6 nitrogen and oxygen atoms in total. The van der Waals surface area contributed by atoms with E-state index >= 15 is 0 Å². The number of hydroxylamine groups is 2. The van der Waals surface area contributed by atoms with Crippen LogP contribution in [0.25, 0.3) is 0 Å². The number of hydrogen-bond acceptors (Lipinski definition) is 5. The second-order valence-corrected chi connectivity index (χ2v) is 7.95. The van der Waals surface area contributed by atoms with Crippen molar-refractivity contribution in [1.82, 2.24) is 5.06 Å². The maximum Gasteiger partial charge on any atom is 0.341 e. The van der Waals surface area contributed by atoms with Gasteiger partial charge in [0.15, 0.2) is 0 Å². The van der Waals surface area contributed by atoms with Gasteiger partial charge in [-0.05, 0) is 48.7 Å². The van der Waals surface area contributed by atoms with Crippen LogP contribution in [0.15, 0.2) is 58.7 Å². The maximum absolute atomic E-state index is 13.0. The van der Waals surface area contributed by atoms with Crippen LogP contribution < -0.4 is 4.74 Å². The summed E-state index contributed by atoms with van der Waals surface area (Å²) in [4.78, 5) is 24.6. The third kappa shape index (κ3) is 6.14. The van der Waals surface area contributed by atoms with Crippen LogP contribution in [0.1, 0.15) is 36.7 Å². The van der Waals surface area contributed by atoms with Gasteiger partial charge >= 0.3 is 5.97 Å². The monoisotopic (exact) mass is 479 g/mol. The van der Waals surface area contributed by atoms with Crippen LogP contribution in [0.3, 0.4) is 0 Å². The SMILES string of the molecule is CC(C)C(C)N(O)C=C(C(=O)O)C(=O)c1cc(OCc2ccc(F)cc2)ccc1Br. The van der Waals surface area contributed by atoms with Crippen molar-refractivity contribution in [3.05, 3.63) is 75.7 Å². The molecule has 0 aliphatic rings. The first kappa shape index (κ1) is 23.6. The summed E-state index contributed by atoms with van der Waals surface area (Å²) in [6.45, 7) is 5.59. The van der Waals surface area contributed by atoms with Crippen LogP contribution >= 0.6 is 15.9 Å². The Morgan fingerprint density at radius 1 is 1.17 bits per heavy atom. The molecule has 0 heterocycles. The van der Waals surface area contributed by atoms with Gasteiger partial charge in [0.1, 0.15) is 23.7 Å². The van der Waals surface area contributed by atoms with Crippen LogP contribution in [0, 0.1) is 11.7 Å². The number of carbonyl (C=O) groups excluding carboxylic acids is 1. The topological polar surface area (TPSA) is 87.1 Å². The number of hydrogen-bond donors (Lipinski definition) is 2. The number of carboxylic acid groups (broad SMARTS) is 1. The van der Waals surface area contributed by atoms with Gasteiger partial charge in [-0.3, -0.25) is 15.1 Å². The van der Waals surface area contributed by atoms with E-state index in [4.69, 9.17) is 4.74 Å². The fourth-order valence-electron chi connectivity index (χ4n) is 2.43. The Hall–Kier alpha value is -2.71. The molecule has 8 heteroatoms. The number of Topliss-reactive ketones (excluding diaryl/α,β-unsaturated/α-hetero) is 1. The van der Waals surface area contributed by atoms with E-state index in [1.807, 2.05) is 13.8 Å². The molecule has 30 heavy (non-hydrogen) atoms. The standard InChI is InChI=1S/C22H23BrFNO5/c1-13(2)14(3)25(29)11-19(22(27)28)21(26)18-10-17(8-9-20(18)23)30-12-15-4-6-16(24)7-5-15/h4-11,13-14,29H,12H2,1-3H3,(H,27,28). The van der Waals surface area contributed by atoms with Crippen LogP contribution in [0.2, 0.25) is 0 Å². The lowest BCUT2D eigenvalue weighted by molar-refractivity contribution is -0.133. The minimum Gasteiger partial charge on any atom is -0.489 e. The highest BCUT2D eigenvalue weighted by molar-refractivity contribution is 9.10. The van der Waals surface area contributed by atoms with Crippen molar-refractivity contribution in [3.8, 4) is 5.75 Å². The van der Waals surface area contributed by atoms with Crippen molar-refractivity contribution in [3.63, 3.8) is 0 Å². The predicted octanol–water partition coefficient (Wildman–Crippen LogP) is 5.05. The Morgan fingerprint density at radius 3 is 2.37 bits per heavy atom. The fourth-order valence-corrected chi connectivity index (χ4v) is 2.85. The normalized spacial score (nSPS) is 12.6. The second-order valence-electron chi connectivity index (χ2n) is 7.10.